The van der Waals surface area contributed by atoms with Gasteiger partial charge in [0, 0.05) is 12.5 Å². The van der Waals surface area contributed by atoms with Crippen molar-refractivity contribution in [3.63, 3.8) is 0 Å². The first-order chi connectivity index (χ1) is 6.57. The molecule has 1 heterocycles. The number of hydrogen-bond acceptors (Lipinski definition) is 2. The fourth-order valence-corrected chi connectivity index (χ4v) is 1.91. The molecule has 3 nitrogen and oxygen atoms in total. The maximum atomic E-state index is 11.8. The molecule has 0 aliphatic carbocycles. The summed E-state index contributed by atoms with van der Waals surface area (Å²) in [7, 11) is 0. The van der Waals surface area contributed by atoms with E-state index in [9.17, 15) is 4.79 Å². The van der Waals surface area contributed by atoms with Crippen molar-refractivity contribution in [3.8, 4) is 0 Å². The molecule has 0 bridgehead atoms. The minimum absolute atomic E-state index is 0.0148. The largest absolute Gasteiger partial charge is 0.349 e. The second kappa shape index (κ2) is 4.78. The Kier molecular flexibility index (Phi) is 3.93. The summed E-state index contributed by atoms with van der Waals surface area (Å²) in [5, 5.41) is 6.41. The molecule has 0 aromatic rings. The molecule has 1 rings (SSSR count). The minimum Gasteiger partial charge on any atom is -0.349 e. The van der Waals surface area contributed by atoms with E-state index >= 15 is 0 Å². The van der Waals surface area contributed by atoms with E-state index < -0.39 is 0 Å². The number of nitrogens with one attached hydrogen (secondary N) is 2. The van der Waals surface area contributed by atoms with Crippen LogP contribution in [0.3, 0.4) is 0 Å². The molecule has 82 valence electrons. The van der Waals surface area contributed by atoms with Crippen molar-refractivity contribution >= 4 is 5.91 Å². The number of rotatable bonds is 4. The Morgan fingerprint density at radius 3 is 2.86 bits per heavy atom. The van der Waals surface area contributed by atoms with Gasteiger partial charge >= 0.3 is 0 Å². The SMILES string of the molecule is CCCC(C)C(=O)NC1(C)CCNC1. The van der Waals surface area contributed by atoms with Gasteiger partial charge in [0.1, 0.15) is 0 Å². The van der Waals surface area contributed by atoms with Crippen molar-refractivity contribution < 1.29 is 4.79 Å². The summed E-state index contributed by atoms with van der Waals surface area (Å²) in [6.07, 6.45) is 3.09. The lowest BCUT2D eigenvalue weighted by atomic mass is 9.98. The summed E-state index contributed by atoms with van der Waals surface area (Å²) >= 11 is 0. The average Bonchev–Trinajstić information content (AvgIpc) is 2.52. The molecule has 1 fully saturated rings. The lowest BCUT2D eigenvalue weighted by Gasteiger charge is -2.26. The van der Waals surface area contributed by atoms with E-state index in [1.54, 1.807) is 0 Å². The van der Waals surface area contributed by atoms with E-state index in [2.05, 4.69) is 24.5 Å². The van der Waals surface area contributed by atoms with Crippen LogP contribution >= 0.6 is 0 Å². The Morgan fingerprint density at radius 1 is 1.64 bits per heavy atom. The van der Waals surface area contributed by atoms with Gasteiger partial charge in [-0.3, -0.25) is 4.79 Å². The minimum atomic E-state index is -0.0148. The summed E-state index contributed by atoms with van der Waals surface area (Å²) < 4.78 is 0. The molecule has 2 atom stereocenters. The second-order valence-electron chi connectivity index (χ2n) is 4.67. The van der Waals surface area contributed by atoms with Crippen LogP contribution in [0.15, 0.2) is 0 Å². The molecule has 0 aromatic carbocycles. The predicted molar refractivity (Wildman–Crippen MR) is 58.1 cm³/mol. The van der Waals surface area contributed by atoms with Gasteiger partial charge in [0.25, 0.3) is 0 Å². The molecule has 2 N–H and O–H groups in total. The van der Waals surface area contributed by atoms with Crippen molar-refractivity contribution in [2.24, 2.45) is 5.92 Å². The molecule has 0 radical (unpaired) electrons. The molecule has 1 aliphatic rings. The maximum Gasteiger partial charge on any atom is 0.223 e. The Bertz CT molecular complexity index is 197. The Morgan fingerprint density at radius 2 is 2.36 bits per heavy atom. The average molecular weight is 198 g/mol. The molecule has 1 amide bonds. The fraction of sp³-hybridized carbons (Fsp3) is 0.909. The highest BCUT2D eigenvalue weighted by Gasteiger charge is 2.30. The molecule has 0 saturated carbocycles. The van der Waals surface area contributed by atoms with Crippen LogP contribution in [-0.4, -0.2) is 24.5 Å². The third-order valence-electron chi connectivity index (χ3n) is 2.96. The summed E-state index contributed by atoms with van der Waals surface area (Å²) in [6.45, 7) is 8.15. The maximum absolute atomic E-state index is 11.8. The monoisotopic (exact) mass is 198 g/mol. The standard InChI is InChI=1S/C11H22N2O/c1-4-5-9(2)10(14)13-11(3)6-7-12-8-11/h9,12H,4-8H2,1-3H3,(H,13,14). The van der Waals surface area contributed by atoms with Crippen molar-refractivity contribution in [3.05, 3.63) is 0 Å². The van der Waals surface area contributed by atoms with Crippen LogP contribution < -0.4 is 10.6 Å². The summed E-state index contributed by atoms with van der Waals surface area (Å²) in [6, 6.07) is 0. The van der Waals surface area contributed by atoms with Crippen LogP contribution in [0, 0.1) is 5.92 Å². The van der Waals surface area contributed by atoms with Gasteiger partial charge in [-0.2, -0.15) is 0 Å². The zero-order chi connectivity index (χ0) is 10.6. The molecule has 2 unspecified atom stereocenters. The molecular formula is C11H22N2O. The van der Waals surface area contributed by atoms with Crippen LogP contribution in [0.1, 0.15) is 40.0 Å². The highest BCUT2D eigenvalue weighted by atomic mass is 16.2. The van der Waals surface area contributed by atoms with E-state index in [-0.39, 0.29) is 17.4 Å². The van der Waals surface area contributed by atoms with E-state index in [0.717, 1.165) is 32.4 Å². The molecule has 0 spiro atoms. The van der Waals surface area contributed by atoms with Gasteiger partial charge < -0.3 is 10.6 Å². The smallest absolute Gasteiger partial charge is 0.223 e. The van der Waals surface area contributed by atoms with Gasteiger partial charge in [-0.05, 0) is 26.3 Å². The van der Waals surface area contributed by atoms with Gasteiger partial charge in [-0.1, -0.05) is 20.3 Å². The van der Waals surface area contributed by atoms with Crippen LogP contribution in [0.4, 0.5) is 0 Å². The molecule has 14 heavy (non-hydrogen) atoms. The second-order valence-corrected chi connectivity index (χ2v) is 4.67. The van der Waals surface area contributed by atoms with E-state index in [0.29, 0.717) is 0 Å². The highest BCUT2D eigenvalue weighted by Crippen LogP contribution is 2.15. The zero-order valence-electron chi connectivity index (χ0n) is 9.52. The molecule has 0 aromatic heterocycles. The number of carbonyl (C=O) groups is 1. The third-order valence-corrected chi connectivity index (χ3v) is 2.96. The fourth-order valence-electron chi connectivity index (χ4n) is 1.91. The van der Waals surface area contributed by atoms with Gasteiger partial charge in [0.05, 0.1) is 5.54 Å². The van der Waals surface area contributed by atoms with Crippen molar-refractivity contribution in [2.75, 3.05) is 13.1 Å². The van der Waals surface area contributed by atoms with Crippen LogP contribution in [0.25, 0.3) is 0 Å². The first-order valence-electron chi connectivity index (χ1n) is 5.60. The topological polar surface area (TPSA) is 41.1 Å². The number of hydrogen-bond donors (Lipinski definition) is 2. The van der Waals surface area contributed by atoms with Gasteiger partial charge in [0.15, 0.2) is 0 Å². The quantitative estimate of drug-likeness (QED) is 0.714. The first kappa shape index (κ1) is 11.5. The molecule has 3 heteroatoms. The molecular weight excluding hydrogens is 176 g/mol. The van der Waals surface area contributed by atoms with Crippen LogP contribution in [0.2, 0.25) is 0 Å². The van der Waals surface area contributed by atoms with Gasteiger partial charge in [-0.25, -0.2) is 0 Å². The normalized spacial score (nSPS) is 28.8. The van der Waals surface area contributed by atoms with Crippen LogP contribution in [-0.2, 0) is 4.79 Å². The zero-order valence-corrected chi connectivity index (χ0v) is 9.52. The van der Waals surface area contributed by atoms with Gasteiger partial charge in [-0.15, -0.1) is 0 Å². The highest BCUT2D eigenvalue weighted by molar-refractivity contribution is 5.79. The Hall–Kier alpha value is -0.570. The third kappa shape index (κ3) is 2.98. The Balaban J connectivity index is 2.39. The number of amides is 1. The summed E-state index contributed by atoms with van der Waals surface area (Å²) in [5.41, 5.74) is -0.0148. The van der Waals surface area contributed by atoms with E-state index in [4.69, 9.17) is 0 Å². The lowest BCUT2D eigenvalue weighted by Crippen LogP contribution is -2.49. The van der Waals surface area contributed by atoms with Crippen molar-refractivity contribution in [1.29, 1.82) is 0 Å². The van der Waals surface area contributed by atoms with Crippen LogP contribution in [0.5, 0.6) is 0 Å². The summed E-state index contributed by atoms with van der Waals surface area (Å²) in [4.78, 5) is 11.8. The van der Waals surface area contributed by atoms with Crippen molar-refractivity contribution in [2.45, 2.75) is 45.6 Å². The first-order valence-corrected chi connectivity index (χ1v) is 5.60. The Labute approximate surface area is 86.6 Å². The lowest BCUT2D eigenvalue weighted by molar-refractivity contribution is -0.126. The molecule has 1 saturated heterocycles. The summed E-state index contributed by atoms with van der Waals surface area (Å²) in [5.74, 6) is 0.357. The predicted octanol–water partition coefficient (Wildman–Crippen LogP) is 1.29. The van der Waals surface area contributed by atoms with E-state index in [1.807, 2.05) is 6.92 Å². The van der Waals surface area contributed by atoms with E-state index in [1.165, 1.54) is 0 Å². The molecule has 1 aliphatic heterocycles. The number of carbonyl (C=O) groups excluding carboxylic acids is 1. The van der Waals surface area contributed by atoms with Crippen molar-refractivity contribution in [1.82, 2.24) is 10.6 Å². The van der Waals surface area contributed by atoms with Gasteiger partial charge in [0.2, 0.25) is 5.91 Å².